The molecular weight excluding hydrogens is 238 g/mol. The number of nitrogens with zero attached hydrogens (tertiary/aromatic N) is 1. The highest BCUT2D eigenvalue weighted by atomic mass is 16.1. The topological polar surface area (TPSA) is 58.4 Å². The predicted molar refractivity (Wildman–Crippen MR) is 80.6 cm³/mol. The van der Waals surface area contributed by atoms with Gasteiger partial charge in [-0.1, -0.05) is 12.8 Å². The van der Waals surface area contributed by atoms with Gasteiger partial charge in [-0.15, -0.1) is 0 Å². The van der Waals surface area contributed by atoms with Crippen LogP contribution in [0.25, 0.3) is 0 Å². The molecule has 4 nitrogen and oxygen atoms in total. The molecule has 0 saturated heterocycles. The number of nitrogens with two attached hydrogens (primary N) is 1. The molecule has 3 N–H and O–H groups in total. The largest absolute Gasteiger partial charge is 0.378 e. The van der Waals surface area contributed by atoms with Crippen LogP contribution in [0.3, 0.4) is 0 Å². The zero-order chi connectivity index (χ0) is 14.1. The highest BCUT2D eigenvalue weighted by molar-refractivity contribution is 5.94. The monoisotopic (exact) mass is 263 g/mol. The molecule has 1 amide bonds. The van der Waals surface area contributed by atoms with E-state index in [0.717, 1.165) is 44.5 Å². The molecule has 0 aliphatic carbocycles. The Bertz CT molecular complexity index is 373. The van der Waals surface area contributed by atoms with Crippen molar-refractivity contribution in [1.82, 2.24) is 5.32 Å². The molecular formula is C15H25N3O. The fourth-order valence-electron chi connectivity index (χ4n) is 1.84. The first-order valence-electron chi connectivity index (χ1n) is 6.91. The lowest BCUT2D eigenvalue weighted by atomic mass is 10.1. The third kappa shape index (κ3) is 5.75. The van der Waals surface area contributed by atoms with Gasteiger partial charge in [-0.25, -0.2) is 0 Å². The SMILES string of the molecule is CN(C)c1ccc(C(=O)NCCCCCCN)cc1. The number of carbonyl (C=O) groups excluding carboxylic acids is 1. The first-order valence-corrected chi connectivity index (χ1v) is 6.91. The second-order valence-corrected chi connectivity index (χ2v) is 4.90. The molecule has 0 atom stereocenters. The van der Waals surface area contributed by atoms with Crippen molar-refractivity contribution < 1.29 is 4.79 Å². The summed E-state index contributed by atoms with van der Waals surface area (Å²) in [6.07, 6.45) is 4.35. The molecule has 106 valence electrons. The number of rotatable bonds is 8. The zero-order valence-corrected chi connectivity index (χ0v) is 12.0. The van der Waals surface area contributed by atoms with Crippen molar-refractivity contribution in [1.29, 1.82) is 0 Å². The van der Waals surface area contributed by atoms with Gasteiger partial charge >= 0.3 is 0 Å². The van der Waals surface area contributed by atoms with E-state index < -0.39 is 0 Å². The summed E-state index contributed by atoms with van der Waals surface area (Å²) < 4.78 is 0. The van der Waals surface area contributed by atoms with Crippen LogP contribution in [0, 0.1) is 0 Å². The summed E-state index contributed by atoms with van der Waals surface area (Å²) in [5.41, 5.74) is 7.24. The number of anilines is 1. The number of hydrogen-bond donors (Lipinski definition) is 2. The Morgan fingerprint density at radius 3 is 2.32 bits per heavy atom. The quantitative estimate of drug-likeness (QED) is 0.705. The summed E-state index contributed by atoms with van der Waals surface area (Å²) in [7, 11) is 3.97. The number of amides is 1. The van der Waals surface area contributed by atoms with Crippen LogP contribution in [0.1, 0.15) is 36.0 Å². The van der Waals surface area contributed by atoms with Gasteiger partial charge in [-0.3, -0.25) is 4.79 Å². The van der Waals surface area contributed by atoms with Gasteiger partial charge in [0, 0.05) is 31.9 Å². The number of nitrogens with one attached hydrogen (secondary N) is 1. The average molecular weight is 263 g/mol. The molecule has 0 fully saturated rings. The predicted octanol–water partition coefficient (Wildman–Crippen LogP) is 2.00. The van der Waals surface area contributed by atoms with Crippen LogP contribution < -0.4 is 16.0 Å². The minimum absolute atomic E-state index is 0.00382. The molecule has 0 saturated carbocycles. The van der Waals surface area contributed by atoms with Gasteiger partial charge < -0.3 is 16.0 Å². The van der Waals surface area contributed by atoms with Gasteiger partial charge in [-0.05, 0) is 43.7 Å². The molecule has 1 rings (SSSR count). The molecule has 0 aliphatic heterocycles. The number of unbranched alkanes of at least 4 members (excludes halogenated alkanes) is 3. The lowest BCUT2D eigenvalue weighted by Crippen LogP contribution is -2.24. The van der Waals surface area contributed by atoms with Crippen LogP contribution in [0.15, 0.2) is 24.3 Å². The Hall–Kier alpha value is -1.55. The fourth-order valence-corrected chi connectivity index (χ4v) is 1.84. The van der Waals surface area contributed by atoms with E-state index in [-0.39, 0.29) is 5.91 Å². The maximum atomic E-state index is 11.9. The van der Waals surface area contributed by atoms with Crippen molar-refractivity contribution in [2.75, 3.05) is 32.1 Å². The average Bonchev–Trinajstić information content (AvgIpc) is 2.42. The third-order valence-corrected chi connectivity index (χ3v) is 3.06. The Morgan fingerprint density at radius 2 is 1.74 bits per heavy atom. The van der Waals surface area contributed by atoms with E-state index in [4.69, 9.17) is 5.73 Å². The highest BCUT2D eigenvalue weighted by Gasteiger charge is 2.04. The highest BCUT2D eigenvalue weighted by Crippen LogP contribution is 2.12. The zero-order valence-electron chi connectivity index (χ0n) is 12.0. The molecule has 0 aromatic heterocycles. The van der Waals surface area contributed by atoms with E-state index in [1.807, 2.05) is 43.3 Å². The van der Waals surface area contributed by atoms with Crippen LogP contribution in [-0.4, -0.2) is 33.1 Å². The Balaban J connectivity index is 2.29. The molecule has 0 spiro atoms. The molecule has 0 aliphatic rings. The molecule has 0 bridgehead atoms. The molecule has 0 unspecified atom stereocenters. The summed E-state index contributed by atoms with van der Waals surface area (Å²) in [5.74, 6) is 0.00382. The number of benzene rings is 1. The summed E-state index contributed by atoms with van der Waals surface area (Å²) in [4.78, 5) is 13.9. The molecule has 19 heavy (non-hydrogen) atoms. The van der Waals surface area contributed by atoms with Crippen LogP contribution in [0.5, 0.6) is 0 Å². The maximum absolute atomic E-state index is 11.9. The van der Waals surface area contributed by atoms with Crippen LogP contribution in [0.2, 0.25) is 0 Å². The van der Waals surface area contributed by atoms with E-state index in [0.29, 0.717) is 5.56 Å². The van der Waals surface area contributed by atoms with Gasteiger partial charge in [0.25, 0.3) is 5.91 Å². The Morgan fingerprint density at radius 1 is 1.11 bits per heavy atom. The van der Waals surface area contributed by atoms with Crippen molar-refractivity contribution in [3.63, 3.8) is 0 Å². The Kier molecular flexibility index (Phi) is 6.97. The second kappa shape index (κ2) is 8.53. The summed E-state index contributed by atoms with van der Waals surface area (Å²) in [6.45, 7) is 1.49. The van der Waals surface area contributed by atoms with E-state index in [1.165, 1.54) is 0 Å². The number of hydrogen-bond acceptors (Lipinski definition) is 3. The van der Waals surface area contributed by atoms with Crippen LogP contribution in [0.4, 0.5) is 5.69 Å². The molecule has 4 heteroatoms. The standard InChI is InChI=1S/C15H25N3O/c1-18(2)14-9-7-13(8-10-14)15(19)17-12-6-4-3-5-11-16/h7-10H,3-6,11-12,16H2,1-2H3,(H,17,19). The molecule has 1 aromatic carbocycles. The summed E-state index contributed by atoms with van der Waals surface area (Å²) in [6, 6.07) is 7.63. The van der Waals surface area contributed by atoms with Gasteiger partial charge in [0.15, 0.2) is 0 Å². The van der Waals surface area contributed by atoms with E-state index in [9.17, 15) is 4.79 Å². The van der Waals surface area contributed by atoms with Crippen molar-refractivity contribution >= 4 is 11.6 Å². The molecule has 1 aromatic rings. The Labute approximate surface area is 116 Å². The molecule has 0 radical (unpaired) electrons. The fraction of sp³-hybridized carbons (Fsp3) is 0.533. The maximum Gasteiger partial charge on any atom is 0.251 e. The van der Waals surface area contributed by atoms with Gasteiger partial charge in [-0.2, -0.15) is 0 Å². The lowest BCUT2D eigenvalue weighted by molar-refractivity contribution is 0.0953. The lowest BCUT2D eigenvalue weighted by Gasteiger charge is -2.12. The first-order chi connectivity index (χ1) is 9.15. The van der Waals surface area contributed by atoms with Gasteiger partial charge in [0.2, 0.25) is 0 Å². The van der Waals surface area contributed by atoms with Crippen molar-refractivity contribution in [3.8, 4) is 0 Å². The van der Waals surface area contributed by atoms with E-state index in [1.54, 1.807) is 0 Å². The second-order valence-electron chi connectivity index (χ2n) is 4.90. The smallest absolute Gasteiger partial charge is 0.251 e. The van der Waals surface area contributed by atoms with Crippen molar-refractivity contribution in [3.05, 3.63) is 29.8 Å². The van der Waals surface area contributed by atoms with E-state index >= 15 is 0 Å². The first kappa shape index (κ1) is 15.5. The van der Waals surface area contributed by atoms with Gasteiger partial charge in [0.1, 0.15) is 0 Å². The van der Waals surface area contributed by atoms with Crippen LogP contribution in [-0.2, 0) is 0 Å². The third-order valence-electron chi connectivity index (χ3n) is 3.06. The number of carbonyl (C=O) groups is 1. The minimum atomic E-state index is 0.00382. The van der Waals surface area contributed by atoms with E-state index in [2.05, 4.69) is 5.32 Å². The van der Waals surface area contributed by atoms with Crippen LogP contribution >= 0.6 is 0 Å². The minimum Gasteiger partial charge on any atom is -0.378 e. The summed E-state index contributed by atoms with van der Waals surface area (Å²) >= 11 is 0. The van der Waals surface area contributed by atoms with Crippen molar-refractivity contribution in [2.24, 2.45) is 5.73 Å². The van der Waals surface area contributed by atoms with Gasteiger partial charge in [0.05, 0.1) is 0 Å². The van der Waals surface area contributed by atoms with Crippen molar-refractivity contribution in [2.45, 2.75) is 25.7 Å². The molecule has 0 heterocycles. The summed E-state index contributed by atoms with van der Waals surface area (Å²) in [5, 5.41) is 2.94. The normalized spacial score (nSPS) is 10.3.